The second-order valence-electron chi connectivity index (χ2n) is 7.29. The topological polar surface area (TPSA) is 89.3 Å². The van der Waals surface area contributed by atoms with E-state index in [4.69, 9.17) is 0 Å². The van der Waals surface area contributed by atoms with Crippen molar-refractivity contribution in [3.8, 4) is 0 Å². The minimum atomic E-state index is -0.528. The molecule has 1 aromatic heterocycles. The largest absolute Gasteiger partial charge is 0.338 e. The Balaban J connectivity index is 1.70. The summed E-state index contributed by atoms with van der Waals surface area (Å²) >= 11 is 0. The summed E-state index contributed by atoms with van der Waals surface area (Å²) in [7, 11) is 0. The maximum Gasteiger partial charge on any atom is 0.325 e. The molecular formula is C18H28N4O3. The van der Waals surface area contributed by atoms with Gasteiger partial charge in [0.05, 0.1) is 6.42 Å². The third-order valence-corrected chi connectivity index (χ3v) is 5.45. The van der Waals surface area contributed by atoms with Crippen molar-refractivity contribution in [3.63, 3.8) is 0 Å². The number of H-pyrrole nitrogens is 2. The summed E-state index contributed by atoms with van der Waals surface area (Å²) < 4.78 is 0. The number of carbonyl (C=O) groups excluding carboxylic acids is 1. The fourth-order valence-electron chi connectivity index (χ4n) is 4.05. The van der Waals surface area contributed by atoms with E-state index in [1.54, 1.807) is 6.92 Å². The van der Waals surface area contributed by atoms with Crippen LogP contribution in [0.2, 0.25) is 0 Å². The molecule has 3 heterocycles. The van der Waals surface area contributed by atoms with Crippen LogP contribution >= 0.6 is 0 Å². The number of nitrogens with zero attached hydrogens (tertiary/aromatic N) is 2. The van der Waals surface area contributed by atoms with Crippen LogP contribution in [0.3, 0.4) is 0 Å². The third-order valence-electron chi connectivity index (χ3n) is 5.45. The van der Waals surface area contributed by atoms with Crippen molar-refractivity contribution < 1.29 is 4.79 Å². The molecule has 0 aromatic carbocycles. The standard InChI is InChI=1S/C18H28N4O3/c1-13-15(17(24)20-18(25)19-13)11-16(23)22-10-6-3-7-14(22)12-21-8-4-2-5-9-21/h14H,2-12H2,1H3,(H2,19,20,24,25)/t14-/m0/s1. The van der Waals surface area contributed by atoms with E-state index >= 15 is 0 Å². The molecule has 3 rings (SSSR count). The lowest BCUT2D eigenvalue weighted by Gasteiger charge is -2.39. The summed E-state index contributed by atoms with van der Waals surface area (Å²) in [5, 5.41) is 0. The Kier molecular flexibility index (Phi) is 5.73. The summed E-state index contributed by atoms with van der Waals surface area (Å²) in [4.78, 5) is 45.4. The van der Waals surface area contributed by atoms with Crippen molar-refractivity contribution in [2.75, 3.05) is 26.2 Å². The molecule has 2 N–H and O–H groups in total. The number of likely N-dealkylation sites (tertiary alicyclic amines) is 2. The van der Waals surface area contributed by atoms with Crippen molar-refractivity contribution >= 4 is 5.91 Å². The Bertz CT molecular complexity index is 718. The number of amides is 1. The predicted octanol–water partition coefficient (Wildman–Crippen LogP) is 0.781. The molecule has 1 amide bonds. The summed E-state index contributed by atoms with van der Waals surface area (Å²) in [5.74, 6) is -0.0117. The van der Waals surface area contributed by atoms with Crippen LogP contribution in [-0.4, -0.2) is 57.9 Å². The average molecular weight is 348 g/mol. The molecule has 7 nitrogen and oxygen atoms in total. The second-order valence-corrected chi connectivity index (χ2v) is 7.29. The van der Waals surface area contributed by atoms with Gasteiger partial charge in [-0.15, -0.1) is 0 Å². The number of aryl methyl sites for hydroxylation is 1. The van der Waals surface area contributed by atoms with Gasteiger partial charge in [0.15, 0.2) is 0 Å². The van der Waals surface area contributed by atoms with Gasteiger partial charge in [-0.3, -0.25) is 14.6 Å². The lowest BCUT2D eigenvalue weighted by atomic mass is 9.99. The van der Waals surface area contributed by atoms with Gasteiger partial charge in [0.2, 0.25) is 5.91 Å². The highest BCUT2D eigenvalue weighted by Gasteiger charge is 2.29. The van der Waals surface area contributed by atoms with E-state index < -0.39 is 11.2 Å². The van der Waals surface area contributed by atoms with Crippen molar-refractivity contribution in [3.05, 3.63) is 32.1 Å². The first kappa shape index (κ1) is 17.9. The molecular weight excluding hydrogens is 320 g/mol. The molecule has 1 atom stereocenters. The number of carbonyl (C=O) groups is 1. The quantitative estimate of drug-likeness (QED) is 0.841. The van der Waals surface area contributed by atoms with Crippen LogP contribution in [0, 0.1) is 6.92 Å². The van der Waals surface area contributed by atoms with E-state index in [2.05, 4.69) is 14.9 Å². The fourth-order valence-corrected chi connectivity index (χ4v) is 4.05. The molecule has 1 aromatic rings. The van der Waals surface area contributed by atoms with Gasteiger partial charge in [-0.25, -0.2) is 4.79 Å². The first-order valence-electron chi connectivity index (χ1n) is 9.38. The number of piperidine rings is 2. The summed E-state index contributed by atoms with van der Waals surface area (Å²) in [5.41, 5.74) is -0.141. The molecule has 138 valence electrons. The average Bonchev–Trinajstić information content (AvgIpc) is 2.59. The van der Waals surface area contributed by atoms with Gasteiger partial charge >= 0.3 is 5.69 Å². The van der Waals surface area contributed by atoms with Crippen molar-refractivity contribution in [1.29, 1.82) is 0 Å². The number of hydrogen-bond acceptors (Lipinski definition) is 4. The van der Waals surface area contributed by atoms with Gasteiger partial charge in [-0.05, 0) is 52.1 Å². The van der Waals surface area contributed by atoms with E-state index in [0.29, 0.717) is 11.3 Å². The highest BCUT2D eigenvalue weighted by atomic mass is 16.2. The van der Waals surface area contributed by atoms with Gasteiger partial charge in [0, 0.05) is 30.4 Å². The first-order valence-corrected chi connectivity index (χ1v) is 9.38. The van der Waals surface area contributed by atoms with Crippen LogP contribution in [0.5, 0.6) is 0 Å². The van der Waals surface area contributed by atoms with Crippen LogP contribution < -0.4 is 11.2 Å². The zero-order valence-electron chi connectivity index (χ0n) is 15.0. The molecule has 7 heteroatoms. The van der Waals surface area contributed by atoms with Gasteiger partial charge in [0.1, 0.15) is 0 Å². The molecule has 0 aliphatic carbocycles. The van der Waals surface area contributed by atoms with E-state index in [0.717, 1.165) is 45.4 Å². The van der Waals surface area contributed by atoms with Crippen LogP contribution in [0.4, 0.5) is 0 Å². The second kappa shape index (κ2) is 7.99. The Labute approximate surface area is 147 Å². The van der Waals surface area contributed by atoms with Crippen LogP contribution in [-0.2, 0) is 11.2 Å². The Morgan fingerprint density at radius 2 is 1.76 bits per heavy atom. The molecule has 0 spiro atoms. The summed E-state index contributed by atoms with van der Waals surface area (Å²) in [6, 6.07) is 0.237. The minimum Gasteiger partial charge on any atom is -0.338 e. The summed E-state index contributed by atoms with van der Waals surface area (Å²) in [6.07, 6.45) is 7.04. The van der Waals surface area contributed by atoms with Crippen LogP contribution in [0.15, 0.2) is 9.59 Å². The minimum absolute atomic E-state index is 0.0117. The highest BCUT2D eigenvalue weighted by molar-refractivity contribution is 5.79. The van der Waals surface area contributed by atoms with E-state index in [9.17, 15) is 14.4 Å². The van der Waals surface area contributed by atoms with Gasteiger partial charge in [-0.2, -0.15) is 0 Å². The number of aromatic amines is 2. The van der Waals surface area contributed by atoms with Gasteiger partial charge in [0.25, 0.3) is 5.56 Å². The van der Waals surface area contributed by atoms with Crippen molar-refractivity contribution in [2.45, 2.75) is 57.9 Å². The molecule has 2 saturated heterocycles. The first-order chi connectivity index (χ1) is 12.0. The Hall–Kier alpha value is -1.89. The van der Waals surface area contributed by atoms with Gasteiger partial charge in [-0.1, -0.05) is 6.42 Å². The molecule has 0 bridgehead atoms. The monoisotopic (exact) mass is 348 g/mol. The maximum absolute atomic E-state index is 12.9. The summed E-state index contributed by atoms with van der Waals surface area (Å²) in [6.45, 7) is 5.61. The maximum atomic E-state index is 12.9. The lowest BCUT2D eigenvalue weighted by molar-refractivity contribution is -0.134. The molecule has 0 radical (unpaired) electrons. The Morgan fingerprint density at radius 3 is 2.48 bits per heavy atom. The number of nitrogens with one attached hydrogen (secondary N) is 2. The molecule has 2 fully saturated rings. The highest BCUT2D eigenvalue weighted by Crippen LogP contribution is 2.21. The van der Waals surface area contributed by atoms with Crippen molar-refractivity contribution in [2.24, 2.45) is 0 Å². The molecule has 0 unspecified atom stereocenters. The Morgan fingerprint density at radius 1 is 1.04 bits per heavy atom. The third kappa shape index (κ3) is 4.39. The molecule has 0 saturated carbocycles. The fraction of sp³-hybridized carbons (Fsp3) is 0.722. The number of rotatable bonds is 4. The van der Waals surface area contributed by atoms with Crippen LogP contribution in [0.25, 0.3) is 0 Å². The zero-order valence-corrected chi connectivity index (χ0v) is 15.0. The zero-order chi connectivity index (χ0) is 17.8. The predicted molar refractivity (Wildman–Crippen MR) is 95.8 cm³/mol. The smallest absolute Gasteiger partial charge is 0.325 e. The van der Waals surface area contributed by atoms with E-state index in [-0.39, 0.29) is 18.4 Å². The molecule has 2 aliphatic rings. The van der Waals surface area contributed by atoms with Crippen molar-refractivity contribution in [1.82, 2.24) is 19.8 Å². The molecule has 25 heavy (non-hydrogen) atoms. The number of aromatic nitrogens is 2. The van der Waals surface area contributed by atoms with Crippen LogP contribution in [0.1, 0.15) is 49.8 Å². The normalized spacial score (nSPS) is 22.1. The molecule has 2 aliphatic heterocycles. The SMILES string of the molecule is Cc1[nH]c(=O)[nH]c(=O)c1CC(=O)N1CCCC[C@H]1CN1CCCCC1. The number of hydrogen-bond donors (Lipinski definition) is 2. The lowest BCUT2D eigenvalue weighted by Crippen LogP contribution is -2.51. The van der Waals surface area contributed by atoms with E-state index in [1.165, 1.54) is 19.3 Å². The van der Waals surface area contributed by atoms with E-state index in [1.807, 2.05) is 4.90 Å². The van der Waals surface area contributed by atoms with Gasteiger partial charge < -0.3 is 14.8 Å².